The van der Waals surface area contributed by atoms with Gasteiger partial charge in [-0.15, -0.1) is 0 Å². The lowest BCUT2D eigenvalue weighted by molar-refractivity contribution is 0.0722. The predicted molar refractivity (Wildman–Crippen MR) is 54.5 cm³/mol. The Morgan fingerprint density at radius 1 is 1.23 bits per heavy atom. The summed E-state index contributed by atoms with van der Waals surface area (Å²) in [6.07, 6.45) is 1.71. The Morgan fingerprint density at radius 3 is 2.62 bits per heavy atom. The predicted octanol–water partition coefficient (Wildman–Crippen LogP) is -0.382. The van der Waals surface area contributed by atoms with Gasteiger partial charge in [0, 0.05) is 43.0 Å². The van der Waals surface area contributed by atoms with Gasteiger partial charge in [-0.05, 0) is 0 Å². The molecule has 0 radical (unpaired) electrons. The van der Waals surface area contributed by atoms with Crippen molar-refractivity contribution >= 4 is 10.8 Å². The van der Waals surface area contributed by atoms with E-state index in [0.29, 0.717) is 25.6 Å². The van der Waals surface area contributed by atoms with Crippen molar-refractivity contribution in [1.82, 2.24) is 5.32 Å². The molecule has 0 spiro atoms. The molecule has 0 aliphatic carbocycles. The van der Waals surface area contributed by atoms with Crippen LogP contribution in [0.3, 0.4) is 0 Å². The van der Waals surface area contributed by atoms with Gasteiger partial charge in [-0.1, -0.05) is 0 Å². The zero-order valence-corrected chi connectivity index (χ0v) is 9.19. The van der Waals surface area contributed by atoms with Crippen molar-refractivity contribution in [3.63, 3.8) is 0 Å². The van der Waals surface area contributed by atoms with E-state index in [1.165, 1.54) is 0 Å². The molecular formula is C8H19NO3S. The third-order valence-electron chi connectivity index (χ3n) is 1.42. The van der Waals surface area contributed by atoms with Crippen molar-refractivity contribution < 1.29 is 13.7 Å². The largest absolute Gasteiger partial charge is 0.382 e. The van der Waals surface area contributed by atoms with E-state index < -0.39 is 10.8 Å². The van der Waals surface area contributed by atoms with Crippen LogP contribution in [0.15, 0.2) is 0 Å². The second kappa shape index (κ2) is 10.1. The van der Waals surface area contributed by atoms with Crippen LogP contribution < -0.4 is 5.32 Å². The minimum absolute atomic E-state index is 0.637. The lowest BCUT2D eigenvalue weighted by atomic mass is 10.6. The SMILES string of the molecule is COCCOCCNCCS(C)=O. The van der Waals surface area contributed by atoms with Crippen molar-refractivity contribution in [2.24, 2.45) is 0 Å². The summed E-state index contributed by atoms with van der Waals surface area (Å²) in [5.74, 6) is 0.706. The first-order chi connectivity index (χ1) is 6.27. The van der Waals surface area contributed by atoms with Gasteiger partial charge in [-0.3, -0.25) is 4.21 Å². The van der Waals surface area contributed by atoms with Gasteiger partial charge in [0.05, 0.1) is 19.8 Å². The van der Waals surface area contributed by atoms with Crippen molar-refractivity contribution in [1.29, 1.82) is 0 Å². The lowest BCUT2D eigenvalue weighted by Gasteiger charge is -2.04. The maximum atomic E-state index is 10.6. The molecule has 4 nitrogen and oxygen atoms in total. The van der Waals surface area contributed by atoms with Gasteiger partial charge in [0.15, 0.2) is 0 Å². The third-order valence-corrected chi connectivity index (χ3v) is 2.20. The Hall–Kier alpha value is 0.0300. The molecule has 0 saturated carbocycles. The van der Waals surface area contributed by atoms with E-state index in [2.05, 4.69) is 5.32 Å². The Balaban J connectivity index is 2.87. The molecule has 0 aliphatic heterocycles. The minimum atomic E-state index is -0.699. The summed E-state index contributed by atoms with van der Waals surface area (Å²) in [7, 11) is 0.952. The second-order valence-corrected chi connectivity index (χ2v) is 4.19. The van der Waals surface area contributed by atoms with Gasteiger partial charge >= 0.3 is 0 Å². The number of hydrogen-bond acceptors (Lipinski definition) is 4. The van der Waals surface area contributed by atoms with Crippen molar-refractivity contribution in [2.75, 3.05) is 52.0 Å². The highest BCUT2D eigenvalue weighted by Gasteiger charge is 1.91. The fraction of sp³-hybridized carbons (Fsp3) is 1.00. The number of nitrogens with one attached hydrogen (secondary N) is 1. The molecule has 0 aromatic carbocycles. The highest BCUT2D eigenvalue weighted by Crippen LogP contribution is 1.75. The lowest BCUT2D eigenvalue weighted by Crippen LogP contribution is -2.24. The topological polar surface area (TPSA) is 47.6 Å². The number of methoxy groups -OCH3 is 1. The van der Waals surface area contributed by atoms with Gasteiger partial charge in [-0.2, -0.15) is 0 Å². The van der Waals surface area contributed by atoms with E-state index >= 15 is 0 Å². The van der Waals surface area contributed by atoms with E-state index in [9.17, 15) is 4.21 Å². The quantitative estimate of drug-likeness (QED) is 0.526. The minimum Gasteiger partial charge on any atom is -0.382 e. The Kier molecular flexibility index (Phi) is 10.1. The highest BCUT2D eigenvalue weighted by atomic mass is 32.2. The Morgan fingerprint density at radius 2 is 2.00 bits per heavy atom. The molecule has 0 rings (SSSR count). The number of hydrogen-bond donors (Lipinski definition) is 1. The Labute approximate surface area is 82.4 Å². The molecule has 0 amide bonds. The second-order valence-electron chi connectivity index (χ2n) is 2.63. The first-order valence-electron chi connectivity index (χ1n) is 4.34. The van der Waals surface area contributed by atoms with Crippen LogP contribution in [-0.4, -0.2) is 56.2 Å². The summed E-state index contributed by atoms with van der Waals surface area (Å²) in [5.41, 5.74) is 0. The summed E-state index contributed by atoms with van der Waals surface area (Å²) in [4.78, 5) is 0. The molecule has 0 bridgehead atoms. The standard InChI is InChI=1S/C8H19NO3S/c1-11-6-7-12-5-3-9-4-8-13(2)10/h9H,3-8H2,1-2H3. The van der Waals surface area contributed by atoms with Crippen LogP contribution in [0, 0.1) is 0 Å². The normalized spacial score (nSPS) is 13.1. The molecule has 80 valence electrons. The number of ether oxygens (including phenoxy) is 2. The van der Waals surface area contributed by atoms with E-state index in [-0.39, 0.29) is 0 Å². The molecule has 0 fully saturated rings. The summed E-state index contributed by atoms with van der Waals surface area (Å²) < 4.78 is 20.7. The fourth-order valence-corrected chi connectivity index (χ4v) is 1.16. The number of rotatable bonds is 9. The van der Waals surface area contributed by atoms with Crippen LogP contribution in [0.4, 0.5) is 0 Å². The first-order valence-corrected chi connectivity index (χ1v) is 6.07. The van der Waals surface area contributed by atoms with Crippen LogP contribution >= 0.6 is 0 Å². The first kappa shape index (κ1) is 13.0. The zero-order chi connectivity index (χ0) is 9.94. The summed E-state index contributed by atoms with van der Waals surface area (Å²) in [6, 6.07) is 0. The monoisotopic (exact) mass is 209 g/mol. The van der Waals surface area contributed by atoms with Gasteiger partial charge in [0.25, 0.3) is 0 Å². The van der Waals surface area contributed by atoms with Gasteiger partial charge in [-0.25, -0.2) is 0 Å². The van der Waals surface area contributed by atoms with Crippen LogP contribution in [0.2, 0.25) is 0 Å². The zero-order valence-electron chi connectivity index (χ0n) is 8.38. The summed E-state index contributed by atoms with van der Waals surface area (Å²) in [6.45, 7) is 3.55. The van der Waals surface area contributed by atoms with Crippen molar-refractivity contribution in [3.8, 4) is 0 Å². The fourth-order valence-electron chi connectivity index (χ4n) is 0.730. The van der Waals surface area contributed by atoms with Gasteiger partial charge in [0.2, 0.25) is 0 Å². The summed E-state index contributed by atoms with van der Waals surface area (Å²) >= 11 is 0. The molecule has 0 heterocycles. The molecule has 5 heteroatoms. The molecule has 1 atom stereocenters. The van der Waals surface area contributed by atoms with Crippen LogP contribution in [-0.2, 0) is 20.3 Å². The van der Waals surface area contributed by atoms with Gasteiger partial charge < -0.3 is 14.8 Å². The molecule has 13 heavy (non-hydrogen) atoms. The summed E-state index contributed by atoms with van der Waals surface area (Å²) in [5, 5.41) is 3.13. The van der Waals surface area contributed by atoms with E-state index in [1.807, 2.05) is 0 Å². The molecule has 0 aromatic rings. The van der Waals surface area contributed by atoms with Crippen LogP contribution in [0.5, 0.6) is 0 Å². The van der Waals surface area contributed by atoms with Crippen molar-refractivity contribution in [2.45, 2.75) is 0 Å². The molecular weight excluding hydrogens is 190 g/mol. The van der Waals surface area contributed by atoms with Gasteiger partial charge in [0.1, 0.15) is 0 Å². The maximum Gasteiger partial charge on any atom is 0.0700 e. The average molecular weight is 209 g/mol. The molecule has 0 aromatic heterocycles. The maximum absolute atomic E-state index is 10.6. The van der Waals surface area contributed by atoms with E-state index in [1.54, 1.807) is 13.4 Å². The third kappa shape index (κ3) is 12.0. The van der Waals surface area contributed by atoms with Crippen molar-refractivity contribution in [3.05, 3.63) is 0 Å². The molecule has 0 saturated heterocycles. The molecule has 1 unspecified atom stereocenters. The molecule has 0 aliphatic rings. The molecule has 1 N–H and O–H groups in total. The Bertz CT molecular complexity index is 133. The smallest absolute Gasteiger partial charge is 0.0700 e. The van der Waals surface area contributed by atoms with Crippen LogP contribution in [0.1, 0.15) is 0 Å². The van der Waals surface area contributed by atoms with E-state index in [4.69, 9.17) is 9.47 Å². The highest BCUT2D eigenvalue weighted by molar-refractivity contribution is 7.84. The van der Waals surface area contributed by atoms with E-state index in [0.717, 1.165) is 13.1 Å². The van der Waals surface area contributed by atoms with Crippen LogP contribution in [0.25, 0.3) is 0 Å². The average Bonchev–Trinajstić information content (AvgIpc) is 2.09.